The molecule has 0 N–H and O–H groups in total. The van der Waals surface area contributed by atoms with Crippen LogP contribution >= 0.6 is 0 Å². The third-order valence-corrected chi connectivity index (χ3v) is 8.20. The minimum Gasteiger partial charge on any atom is -0.769 e. The summed E-state index contributed by atoms with van der Waals surface area (Å²) in [6.07, 6.45) is 0. The summed E-state index contributed by atoms with van der Waals surface area (Å²) in [5.41, 5.74) is -0.620. The molecule has 8 bridgehead atoms. The topological polar surface area (TPSA) is 235 Å². The molecular weight excluding hydrogens is 634 g/mol. The second kappa shape index (κ2) is 10.1. The Hall–Kier alpha value is -7.24. The van der Waals surface area contributed by atoms with Crippen LogP contribution in [0.2, 0.25) is 0 Å². The van der Waals surface area contributed by atoms with Crippen LogP contribution in [0.1, 0.15) is 44.5 Å². The largest absolute Gasteiger partial charge is 0.769 e. The van der Waals surface area contributed by atoms with Crippen molar-refractivity contribution in [3.05, 3.63) is 154 Å². The van der Waals surface area contributed by atoms with E-state index in [2.05, 4.69) is 25.0 Å². The van der Waals surface area contributed by atoms with Crippen molar-refractivity contribution in [1.82, 2.24) is 0 Å². The van der Waals surface area contributed by atoms with Gasteiger partial charge in [-0.05, 0) is 6.07 Å². The lowest BCUT2D eigenvalue weighted by Crippen LogP contribution is -2.13. The molecule has 17 nitrogen and oxygen atoms in total. The number of nitro groups is 2. The van der Waals surface area contributed by atoms with Crippen molar-refractivity contribution in [2.75, 3.05) is 5.23 Å². The number of nitro benzene ring substituents is 2. The third kappa shape index (κ3) is 4.13. The number of rotatable bonds is 3. The van der Waals surface area contributed by atoms with Gasteiger partial charge in [-0.15, -0.1) is 0 Å². The van der Waals surface area contributed by atoms with Crippen molar-refractivity contribution >= 4 is 63.7 Å². The predicted molar refractivity (Wildman–Crippen MR) is 181 cm³/mol. The Kier molecular flexibility index (Phi) is 5.79. The predicted octanol–water partition coefficient (Wildman–Crippen LogP) is 4.45. The molecule has 0 atom stereocenters. The highest BCUT2D eigenvalue weighted by Crippen LogP contribution is 2.44. The first kappa shape index (κ1) is 28.0. The van der Waals surface area contributed by atoms with Gasteiger partial charge in [0.05, 0.1) is 9.85 Å². The number of nitrogens with zero attached hydrogens (tertiary/aromatic N) is 11. The molecule has 0 radical (unpaired) electrons. The van der Waals surface area contributed by atoms with E-state index in [1.165, 1.54) is 0 Å². The summed E-state index contributed by atoms with van der Waals surface area (Å²) in [6.45, 7) is 0. The van der Waals surface area contributed by atoms with Gasteiger partial charge in [0.2, 0.25) is 0 Å². The number of amidine groups is 8. The fourth-order valence-electron chi connectivity index (χ4n) is 6.12. The lowest BCUT2D eigenvalue weighted by molar-refractivity contribution is -0.422. The summed E-state index contributed by atoms with van der Waals surface area (Å²) in [5, 5.41) is 47.6. The van der Waals surface area contributed by atoms with Crippen LogP contribution in [0.3, 0.4) is 0 Å². The molecule has 5 heterocycles. The lowest BCUT2D eigenvalue weighted by Gasteiger charge is -2.36. The van der Waals surface area contributed by atoms with Gasteiger partial charge in [0.15, 0.2) is 46.7 Å². The zero-order valence-electron chi connectivity index (χ0n) is 24.4. The summed E-state index contributed by atoms with van der Waals surface area (Å²) in [6, 6.07) is 22.3. The van der Waals surface area contributed by atoms with Gasteiger partial charge in [-0.2, -0.15) is 0 Å². The van der Waals surface area contributed by atoms with Crippen LogP contribution in [0.4, 0.5) is 17.1 Å². The highest BCUT2D eigenvalue weighted by atomic mass is 16.8. The van der Waals surface area contributed by atoms with Crippen molar-refractivity contribution < 1.29 is 9.85 Å². The Balaban J connectivity index is 1.39. The van der Waals surface area contributed by atoms with E-state index in [0.717, 1.165) is 6.07 Å². The molecule has 5 aliphatic heterocycles. The van der Waals surface area contributed by atoms with Crippen LogP contribution < -0.4 is 5.23 Å². The monoisotopic (exact) mass is 647 g/mol. The van der Waals surface area contributed by atoms with Crippen LogP contribution in [0.15, 0.2) is 119 Å². The number of benzene rings is 4. The van der Waals surface area contributed by atoms with E-state index >= 15 is 0 Å². The molecule has 0 aliphatic carbocycles. The summed E-state index contributed by atoms with van der Waals surface area (Å²) in [5.74, 6) is 0.691. The highest BCUT2D eigenvalue weighted by molar-refractivity contribution is 6.36. The molecule has 0 unspecified atom stereocenters. The molecule has 17 heteroatoms. The van der Waals surface area contributed by atoms with Crippen molar-refractivity contribution in [3.63, 3.8) is 0 Å². The summed E-state index contributed by atoms with van der Waals surface area (Å²) >= 11 is 0. The van der Waals surface area contributed by atoms with E-state index in [0.29, 0.717) is 45.1 Å². The van der Waals surface area contributed by atoms with Gasteiger partial charge >= 0.3 is 11.4 Å². The van der Waals surface area contributed by atoms with Crippen LogP contribution in [-0.2, 0) is 0 Å². The Morgan fingerprint density at radius 3 is 1.02 bits per heavy atom. The zero-order chi connectivity index (χ0) is 33.6. The molecule has 0 amide bonds. The van der Waals surface area contributed by atoms with Crippen LogP contribution in [0, 0.1) is 30.6 Å². The maximum Gasteiger partial charge on any atom is 0.368 e. The molecule has 9 rings (SSSR count). The number of hydrogen-bond donors (Lipinski definition) is 0. The zero-order valence-corrected chi connectivity index (χ0v) is 24.4. The number of aliphatic imine (C=N–C) groups is 8. The Morgan fingerprint density at radius 2 is 0.714 bits per heavy atom. The van der Waals surface area contributed by atoms with Gasteiger partial charge in [-0.1, -0.05) is 72.8 Å². The Bertz CT molecular complexity index is 2540. The van der Waals surface area contributed by atoms with Crippen molar-refractivity contribution in [2.24, 2.45) is 39.9 Å². The van der Waals surface area contributed by atoms with Gasteiger partial charge in [0.1, 0.15) is 11.3 Å². The average molecular weight is 648 g/mol. The maximum absolute atomic E-state index is 12.5. The molecule has 5 aliphatic rings. The van der Waals surface area contributed by atoms with Gasteiger partial charge in [0, 0.05) is 38.9 Å². The summed E-state index contributed by atoms with van der Waals surface area (Å²) in [7, 11) is 0. The smallest absolute Gasteiger partial charge is 0.368 e. The van der Waals surface area contributed by atoms with E-state index in [1.807, 2.05) is 24.3 Å². The average Bonchev–Trinajstić information content (AvgIpc) is 3.83. The SMILES string of the molecule is O=[N+]([O-])c1c(N([O-])[O-])cc2c(c1[N+](=O)[O-])C1=NC2=NC2=NC(=NC3=NC(=NC4=NC(=N1)c1ccccc14)c1ccccc13)c1ccccc12. The van der Waals surface area contributed by atoms with Gasteiger partial charge in [-0.25, -0.2) is 39.9 Å². The standard InChI is InChI=1S/C32H13N11O6/c44-41(45)21-13-20-22(24(43(48)49)23(21)42(46)47)32-39-30-19-12-6-5-11-18(19)28(37-30)35-26-15-8-2-1-7-14(15)25(33-26)34-27-16-9-3-4-10-17(16)29(36-27)38-31(20)40-32/h1-13H/q-2. The van der Waals surface area contributed by atoms with Crippen LogP contribution in [0.5, 0.6) is 0 Å². The summed E-state index contributed by atoms with van der Waals surface area (Å²) < 4.78 is 0. The van der Waals surface area contributed by atoms with Gasteiger partial charge in [-0.3, -0.25) is 20.2 Å². The molecule has 0 saturated carbocycles. The molecule has 0 aromatic heterocycles. The quantitative estimate of drug-likeness (QED) is 0.229. The van der Waals surface area contributed by atoms with Crippen molar-refractivity contribution in [2.45, 2.75) is 0 Å². The minimum atomic E-state index is -1.32. The molecule has 0 fully saturated rings. The van der Waals surface area contributed by atoms with Gasteiger partial charge < -0.3 is 15.6 Å². The second-order valence-electron chi connectivity index (χ2n) is 10.9. The number of hydrogen-bond acceptors (Lipinski definition) is 15. The highest BCUT2D eigenvalue weighted by Gasteiger charge is 2.42. The van der Waals surface area contributed by atoms with Crippen LogP contribution in [-0.4, -0.2) is 56.5 Å². The van der Waals surface area contributed by atoms with Gasteiger partial charge in [0.25, 0.3) is 0 Å². The molecule has 0 saturated heterocycles. The first-order valence-corrected chi connectivity index (χ1v) is 14.4. The maximum atomic E-state index is 12.5. The first-order chi connectivity index (χ1) is 23.8. The van der Waals surface area contributed by atoms with E-state index in [1.54, 1.807) is 48.5 Å². The van der Waals surface area contributed by atoms with E-state index in [4.69, 9.17) is 15.0 Å². The fourth-order valence-corrected chi connectivity index (χ4v) is 6.12. The number of fused-ring (bicyclic) bond motifs is 16. The molecule has 4 aromatic rings. The van der Waals surface area contributed by atoms with E-state index in [-0.39, 0.29) is 40.6 Å². The lowest BCUT2D eigenvalue weighted by atomic mass is 10.0. The summed E-state index contributed by atoms with van der Waals surface area (Å²) in [4.78, 5) is 59.7. The Morgan fingerprint density at radius 1 is 0.429 bits per heavy atom. The molecule has 0 spiro atoms. The minimum absolute atomic E-state index is 0.0441. The second-order valence-corrected chi connectivity index (χ2v) is 10.9. The third-order valence-electron chi connectivity index (χ3n) is 8.20. The molecule has 234 valence electrons. The number of anilines is 1. The first-order valence-electron chi connectivity index (χ1n) is 14.4. The molecule has 49 heavy (non-hydrogen) atoms. The molecular formula is C32H13N11O6-2. The van der Waals surface area contributed by atoms with E-state index < -0.39 is 37.7 Å². The van der Waals surface area contributed by atoms with Crippen LogP contribution in [0.25, 0.3) is 0 Å². The van der Waals surface area contributed by atoms with Crippen molar-refractivity contribution in [3.8, 4) is 0 Å². The molecule has 4 aromatic carbocycles. The Labute approximate surface area is 272 Å². The normalized spacial score (nSPS) is 16.0. The van der Waals surface area contributed by atoms with Crippen molar-refractivity contribution in [1.29, 1.82) is 0 Å². The van der Waals surface area contributed by atoms with E-state index in [9.17, 15) is 30.6 Å². The fraction of sp³-hybridized carbons (Fsp3) is 0.